The number of anilines is 1. The molecule has 0 radical (unpaired) electrons. The van der Waals surface area contributed by atoms with Crippen molar-refractivity contribution >= 4 is 5.95 Å². The first-order valence-electron chi connectivity index (χ1n) is 7.02. The van der Waals surface area contributed by atoms with Gasteiger partial charge in [0.05, 0.1) is 12.2 Å². The van der Waals surface area contributed by atoms with Crippen LogP contribution in [0.25, 0.3) is 0 Å². The average molecular weight is 268 g/mol. The lowest BCUT2D eigenvalue weighted by Gasteiger charge is -2.26. The number of hydrogen-bond acceptors (Lipinski definition) is 5. The van der Waals surface area contributed by atoms with Gasteiger partial charge in [-0.2, -0.15) is 0 Å². The number of aromatic nitrogens is 3. The van der Waals surface area contributed by atoms with E-state index in [1.807, 2.05) is 18.2 Å². The number of pyridine rings is 1. The molecule has 0 N–H and O–H groups in total. The summed E-state index contributed by atoms with van der Waals surface area (Å²) in [6.07, 6.45) is 9.73. The Morgan fingerprint density at radius 1 is 1.10 bits per heavy atom. The molecule has 2 aliphatic rings. The standard InChI is InChI=1S/C15H16N4O/c1-3-12(9-16-6-1)20-14-11-4-5-13(14)19(10-11)15-17-7-2-8-18-15/h1-3,6-9,11,13-14H,4-5,10H2/t11-,13+,14+/m1/s1. The molecule has 4 rings (SSSR count). The van der Waals surface area contributed by atoms with Crippen molar-refractivity contribution in [3.63, 3.8) is 0 Å². The second kappa shape index (κ2) is 4.74. The summed E-state index contributed by atoms with van der Waals surface area (Å²) in [5.41, 5.74) is 0. The Morgan fingerprint density at radius 2 is 2.00 bits per heavy atom. The molecule has 5 nitrogen and oxygen atoms in total. The smallest absolute Gasteiger partial charge is 0.225 e. The summed E-state index contributed by atoms with van der Waals surface area (Å²) in [6.45, 7) is 0.986. The molecule has 20 heavy (non-hydrogen) atoms. The van der Waals surface area contributed by atoms with Crippen molar-refractivity contribution in [3.8, 4) is 5.75 Å². The van der Waals surface area contributed by atoms with Crippen molar-refractivity contribution in [1.29, 1.82) is 0 Å². The van der Waals surface area contributed by atoms with E-state index in [0.717, 1.165) is 24.7 Å². The third-order valence-corrected chi connectivity index (χ3v) is 4.22. The first kappa shape index (κ1) is 11.6. The average Bonchev–Trinajstić information content (AvgIpc) is 3.06. The predicted octanol–water partition coefficient (Wildman–Crippen LogP) is 1.92. The van der Waals surface area contributed by atoms with E-state index >= 15 is 0 Å². The van der Waals surface area contributed by atoms with E-state index in [9.17, 15) is 0 Å². The van der Waals surface area contributed by atoms with Crippen molar-refractivity contribution in [2.24, 2.45) is 5.92 Å². The van der Waals surface area contributed by atoms with E-state index in [0.29, 0.717) is 12.0 Å². The van der Waals surface area contributed by atoms with Crippen LogP contribution < -0.4 is 9.64 Å². The van der Waals surface area contributed by atoms with Gasteiger partial charge < -0.3 is 9.64 Å². The Balaban J connectivity index is 1.55. The van der Waals surface area contributed by atoms with Crippen LogP contribution in [0.3, 0.4) is 0 Å². The monoisotopic (exact) mass is 268 g/mol. The van der Waals surface area contributed by atoms with Crippen LogP contribution in [0.15, 0.2) is 43.0 Å². The van der Waals surface area contributed by atoms with Gasteiger partial charge in [0.25, 0.3) is 0 Å². The molecule has 2 bridgehead atoms. The summed E-state index contributed by atoms with van der Waals surface area (Å²) in [5.74, 6) is 2.23. The number of hydrogen-bond donors (Lipinski definition) is 0. The minimum absolute atomic E-state index is 0.225. The molecule has 3 atom stereocenters. The molecule has 1 saturated carbocycles. The number of piperidine rings is 1. The van der Waals surface area contributed by atoms with Crippen molar-refractivity contribution in [2.45, 2.75) is 25.0 Å². The molecule has 0 aromatic carbocycles. The first-order chi connectivity index (χ1) is 9.92. The van der Waals surface area contributed by atoms with Gasteiger partial charge in [0.2, 0.25) is 5.95 Å². The van der Waals surface area contributed by atoms with Crippen molar-refractivity contribution in [2.75, 3.05) is 11.4 Å². The van der Waals surface area contributed by atoms with Crippen molar-refractivity contribution in [3.05, 3.63) is 43.0 Å². The maximum atomic E-state index is 6.15. The highest BCUT2D eigenvalue weighted by atomic mass is 16.5. The van der Waals surface area contributed by atoms with Gasteiger partial charge in [-0.1, -0.05) is 0 Å². The summed E-state index contributed by atoms with van der Waals surface area (Å²) in [7, 11) is 0. The van der Waals surface area contributed by atoms with E-state index < -0.39 is 0 Å². The van der Waals surface area contributed by atoms with Crippen LogP contribution in [-0.4, -0.2) is 33.6 Å². The van der Waals surface area contributed by atoms with Gasteiger partial charge >= 0.3 is 0 Å². The molecule has 1 saturated heterocycles. The van der Waals surface area contributed by atoms with Gasteiger partial charge in [0.15, 0.2) is 0 Å². The van der Waals surface area contributed by atoms with E-state index in [4.69, 9.17) is 4.74 Å². The minimum Gasteiger partial charge on any atom is -0.486 e. The zero-order valence-electron chi connectivity index (χ0n) is 11.1. The predicted molar refractivity (Wildman–Crippen MR) is 74.5 cm³/mol. The molecule has 0 unspecified atom stereocenters. The third kappa shape index (κ3) is 1.90. The highest BCUT2D eigenvalue weighted by Crippen LogP contribution is 2.41. The summed E-state index contributed by atoms with van der Waals surface area (Å²) >= 11 is 0. The second-order valence-electron chi connectivity index (χ2n) is 5.38. The second-order valence-corrected chi connectivity index (χ2v) is 5.38. The molecule has 0 amide bonds. The fourth-order valence-corrected chi connectivity index (χ4v) is 3.36. The van der Waals surface area contributed by atoms with Crippen molar-refractivity contribution < 1.29 is 4.74 Å². The first-order valence-corrected chi connectivity index (χ1v) is 7.02. The normalized spacial score (nSPS) is 27.8. The molecular weight excluding hydrogens is 252 g/mol. The van der Waals surface area contributed by atoms with Crippen LogP contribution in [0.4, 0.5) is 5.95 Å². The topological polar surface area (TPSA) is 51.1 Å². The Labute approximate surface area is 117 Å². The SMILES string of the molecule is c1cnc(N2C[C@H]3CC[C@H]2[C@H]3Oc2cccnc2)nc1. The van der Waals surface area contributed by atoms with Gasteiger partial charge in [-0.3, -0.25) is 4.98 Å². The maximum Gasteiger partial charge on any atom is 0.225 e. The third-order valence-electron chi connectivity index (χ3n) is 4.22. The minimum atomic E-state index is 0.225. The summed E-state index contributed by atoms with van der Waals surface area (Å²) in [6, 6.07) is 6.10. The van der Waals surface area contributed by atoms with Crippen LogP contribution in [0, 0.1) is 5.92 Å². The lowest BCUT2D eigenvalue weighted by Crippen LogP contribution is -2.37. The van der Waals surface area contributed by atoms with E-state index in [1.165, 1.54) is 6.42 Å². The molecular formula is C15H16N4O. The Morgan fingerprint density at radius 3 is 2.80 bits per heavy atom. The van der Waals surface area contributed by atoms with E-state index in [1.54, 1.807) is 24.8 Å². The van der Waals surface area contributed by atoms with Crippen LogP contribution in [0.2, 0.25) is 0 Å². The quantitative estimate of drug-likeness (QED) is 0.851. The molecule has 1 aliphatic carbocycles. The Kier molecular flexibility index (Phi) is 2.76. The largest absolute Gasteiger partial charge is 0.486 e. The molecule has 0 spiro atoms. The number of nitrogens with zero attached hydrogens (tertiary/aromatic N) is 4. The van der Waals surface area contributed by atoms with Crippen LogP contribution >= 0.6 is 0 Å². The Bertz CT molecular complexity index is 577. The highest BCUT2D eigenvalue weighted by Gasteiger charge is 2.49. The van der Waals surface area contributed by atoms with E-state index in [-0.39, 0.29) is 6.10 Å². The van der Waals surface area contributed by atoms with Crippen LogP contribution in [-0.2, 0) is 0 Å². The molecule has 3 heterocycles. The van der Waals surface area contributed by atoms with Gasteiger partial charge in [-0.15, -0.1) is 0 Å². The zero-order chi connectivity index (χ0) is 13.4. The molecule has 2 aromatic rings. The maximum absolute atomic E-state index is 6.15. The molecule has 2 aromatic heterocycles. The zero-order valence-corrected chi connectivity index (χ0v) is 11.1. The number of rotatable bonds is 3. The lowest BCUT2D eigenvalue weighted by molar-refractivity contribution is 0.178. The van der Waals surface area contributed by atoms with Gasteiger partial charge in [-0.25, -0.2) is 9.97 Å². The van der Waals surface area contributed by atoms with Gasteiger partial charge in [0.1, 0.15) is 11.9 Å². The van der Waals surface area contributed by atoms with Gasteiger partial charge in [-0.05, 0) is 31.0 Å². The molecule has 5 heteroatoms. The van der Waals surface area contributed by atoms with Crippen LogP contribution in [0.5, 0.6) is 5.75 Å². The van der Waals surface area contributed by atoms with Crippen LogP contribution in [0.1, 0.15) is 12.8 Å². The van der Waals surface area contributed by atoms with Gasteiger partial charge in [0, 0.05) is 31.1 Å². The van der Waals surface area contributed by atoms with E-state index in [2.05, 4.69) is 19.9 Å². The molecule has 102 valence electrons. The summed E-state index contributed by atoms with van der Waals surface area (Å²) in [4.78, 5) is 15.1. The fraction of sp³-hybridized carbons (Fsp3) is 0.400. The highest BCUT2D eigenvalue weighted by molar-refractivity contribution is 5.37. The summed E-state index contributed by atoms with van der Waals surface area (Å²) < 4.78 is 6.15. The molecule has 1 aliphatic heterocycles. The number of ether oxygens (including phenoxy) is 1. The molecule has 2 fully saturated rings. The van der Waals surface area contributed by atoms with Crippen molar-refractivity contribution in [1.82, 2.24) is 15.0 Å². The fourth-order valence-electron chi connectivity index (χ4n) is 3.36. The summed E-state index contributed by atoms with van der Waals surface area (Å²) in [5, 5.41) is 0. The number of fused-ring (bicyclic) bond motifs is 2. The Hall–Kier alpha value is -2.17. The lowest BCUT2D eigenvalue weighted by atomic mass is 10.1.